The first-order valence-electron chi connectivity index (χ1n) is 6.00. The lowest BCUT2D eigenvalue weighted by molar-refractivity contribution is 0.318. The van der Waals surface area contributed by atoms with E-state index in [1.54, 1.807) is 6.07 Å². The molecule has 0 amide bonds. The molecule has 1 aromatic carbocycles. The normalized spacial score (nSPS) is 10.1. The standard InChI is InChI=1S/C14H13ClN4O/c1-9-6-11(2-3-12(9)15)20-5-4-13-18-8-10(7-16)14(17)19-13/h2-3,6,8H,4-5H2,1H3,(H2,17,18,19). The maximum atomic E-state index is 8.74. The zero-order chi connectivity index (χ0) is 14.5. The fourth-order valence-electron chi connectivity index (χ4n) is 1.61. The first-order chi connectivity index (χ1) is 9.60. The van der Waals surface area contributed by atoms with E-state index in [1.807, 2.05) is 25.1 Å². The molecule has 5 nitrogen and oxygen atoms in total. The number of halogens is 1. The summed E-state index contributed by atoms with van der Waals surface area (Å²) in [6, 6.07) is 7.40. The summed E-state index contributed by atoms with van der Waals surface area (Å²) in [5, 5.41) is 9.45. The van der Waals surface area contributed by atoms with Crippen molar-refractivity contribution in [3.63, 3.8) is 0 Å². The highest BCUT2D eigenvalue weighted by molar-refractivity contribution is 6.31. The number of aryl methyl sites for hydroxylation is 1. The molecule has 0 bridgehead atoms. The van der Waals surface area contributed by atoms with Gasteiger partial charge in [-0.2, -0.15) is 5.26 Å². The zero-order valence-electron chi connectivity index (χ0n) is 10.9. The topological polar surface area (TPSA) is 84.8 Å². The van der Waals surface area contributed by atoms with Crippen molar-refractivity contribution >= 4 is 17.4 Å². The number of aromatic nitrogens is 2. The van der Waals surface area contributed by atoms with Crippen LogP contribution in [0.15, 0.2) is 24.4 Å². The number of nitriles is 1. The summed E-state index contributed by atoms with van der Waals surface area (Å²) in [5.74, 6) is 1.49. The van der Waals surface area contributed by atoms with E-state index in [4.69, 9.17) is 27.3 Å². The minimum Gasteiger partial charge on any atom is -0.493 e. The van der Waals surface area contributed by atoms with Crippen LogP contribution in [0.3, 0.4) is 0 Å². The molecule has 0 aliphatic rings. The Kier molecular flexibility index (Phi) is 4.38. The van der Waals surface area contributed by atoms with Crippen LogP contribution < -0.4 is 10.5 Å². The number of hydrogen-bond acceptors (Lipinski definition) is 5. The molecule has 0 saturated carbocycles. The molecule has 1 aromatic heterocycles. The molecule has 20 heavy (non-hydrogen) atoms. The molecule has 0 saturated heterocycles. The minimum atomic E-state index is 0.194. The van der Waals surface area contributed by atoms with E-state index in [2.05, 4.69) is 9.97 Å². The van der Waals surface area contributed by atoms with Crippen molar-refractivity contribution in [3.8, 4) is 11.8 Å². The van der Waals surface area contributed by atoms with Gasteiger partial charge in [0, 0.05) is 11.4 Å². The van der Waals surface area contributed by atoms with Crippen molar-refractivity contribution in [2.45, 2.75) is 13.3 Å². The zero-order valence-corrected chi connectivity index (χ0v) is 11.7. The van der Waals surface area contributed by atoms with Crippen LogP contribution in [0.2, 0.25) is 5.02 Å². The molecule has 0 spiro atoms. The van der Waals surface area contributed by atoms with Crippen LogP contribution in [-0.2, 0) is 6.42 Å². The van der Waals surface area contributed by atoms with E-state index in [9.17, 15) is 0 Å². The molecule has 0 unspecified atom stereocenters. The second-order valence-corrected chi connectivity index (χ2v) is 4.61. The summed E-state index contributed by atoms with van der Waals surface area (Å²) < 4.78 is 5.60. The number of rotatable bonds is 4. The Bertz CT molecular complexity index is 667. The van der Waals surface area contributed by atoms with Gasteiger partial charge >= 0.3 is 0 Å². The third kappa shape index (κ3) is 3.37. The van der Waals surface area contributed by atoms with Crippen molar-refractivity contribution in [2.75, 3.05) is 12.3 Å². The van der Waals surface area contributed by atoms with Gasteiger partial charge in [-0.15, -0.1) is 0 Å². The van der Waals surface area contributed by atoms with E-state index < -0.39 is 0 Å². The van der Waals surface area contributed by atoms with E-state index >= 15 is 0 Å². The third-order valence-electron chi connectivity index (χ3n) is 2.71. The Morgan fingerprint density at radius 3 is 2.90 bits per heavy atom. The third-order valence-corrected chi connectivity index (χ3v) is 3.14. The summed E-state index contributed by atoms with van der Waals surface area (Å²) in [4.78, 5) is 8.11. The molecule has 6 heteroatoms. The van der Waals surface area contributed by atoms with Crippen molar-refractivity contribution in [1.29, 1.82) is 5.26 Å². The predicted molar refractivity (Wildman–Crippen MR) is 76.5 cm³/mol. The second kappa shape index (κ2) is 6.22. The molecule has 0 fully saturated rings. The van der Waals surface area contributed by atoms with Gasteiger partial charge in [0.05, 0.1) is 12.8 Å². The first-order valence-corrected chi connectivity index (χ1v) is 6.38. The smallest absolute Gasteiger partial charge is 0.145 e. The highest BCUT2D eigenvalue weighted by atomic mass is 35.5. The molecule has 2 aromatic rings. The molecule has 2 rings (SSSR count). The number of benzene rings is 1. The van der Waals surface area contributed by atoms with Gasteiger partial charge in [-0.3, -0.25) is 0 Å². The minimum absolute atomic E-state index is 0.194. The van der Waals surface area contributed by atoms with Crippen LogP contribution in [0.1, 0.15) is 17.0 Å². The number of anilines is 1. The molecule has 0 aliphatic carbocycles. The number of hydrogen-bond donors (Lipinski definition) is 1. The van der Waals surface area contributed by atoms with E-state index in [1.165, 1.54) is 6.20 Å². The lowest BCUT2D eigenvalue weighted by Gasteiger charge is -2.07. The van der Waals surface area contributed by atoms with E-state index in [0.717, 1.165) is 11.3 Å². The predicted octanol–water partition coefficient (Wildman–Crippen LogP) is 2.51. The molecule has 0 atom stereocenters. The van der Waals surface area contributed by atoms with Crippen LogP contribution >= 0.6 is 11.6 Å². The number of nitrogens with two attached hydrogens (primary N) is 1. The van der Waals surface area contributed by atoms with Crippen molar-refractivity contribution in [2.24, 2.45) is 0 Å². The Balaban J connectivity index is 1.94. The molecule has 2 N–H and O–H groups in total. The summed E-state index contributed by atoms with van der Waals surface area (Å²) in [5.41, 5.74) is 6.86. The van der Waals surface area contributed by atoms with Crippen molar-refractivity contribution in [1.82, 2.24) is 9.97 Å². The molecule has 1 heterocycles. The van der Waals surface area contributed by atoms with Crippen LogP contribution in [0.5, 0.6) is 5.75 Å². The quantitative estimate of drug-likeness (QED) is 0.934. The van der Waals surface area contributed by atoms with Gasteiger partial charge in [0.2, 0.25) is 0 Å². The van der Waals surface area contributed by atoms with Gasteiger partial charge < -0.3 is 10.5 Å². The molecule has 0 aliphatic heterocycles. The average molecular weight is 289 g/mol. The molecule has 0 radical (unpaired) electrons. The number of ether oxygens (including phenoxy) is 1. The van der Waals surface area contributed by atoms with E-state index in [0.29, 0.717) is 23.9 Å². The summed E-state index contributed by atoms with van der Waals surface area (Å²) in [7, 11) is 0. The Morgan fingerprint density at radius 2 is 2.25 bits per heavy atom. The Morgan fingerprint density at radius 1 is 1.45 bits per heavy atom. The van der Waals surface area contributed by atoms with Gasteiger partial charge in [0.15, 0.2) is 0 Å². The summed E-state index contributed by atoms with van der Waals surface area (Å²) in [6.07, 6.45) is 1.93. The largest absolute Gasteiger partial charge is 0.493 e. The fourth-order valence-corrected chi connectivity index (χ4v) is 1.72. The SMILES string of the molecule is Cc1cc(OCCc2ncc(C#N)c(N)n2)ccc1Cl. The maximum absolute atomic E-state index is 8.74. The van der Waals surface area contributed by atoms with Crippen molar-refractivity contribution in [3.05, 3.63) is 46.4 Å². The lowest BCUT2D eigenvalue weighted by Crippen LogP contribution is -2.07. The monoisotopic (exact) mass is 288 g/mol. The van der Waals surface area contributed by atoms with Gasteiger partial charge in [0.1, 0.15) is 29.0 Å². The lowest BCUT2D eigenvalue weighted by atomic mass is 10.2. The summed E-state index contributed by atoms with van der Waals surface area (Å²) >= 11 is 5.94. The molecular weight excluding hydrogens is 276 g/mol. The Labute approximate surface area is 122 Å². The second-order valence-electron chi connectivity index (χ2n) is 4.21. The van der Waals surface area contributed by atoms with Gasteiger partial charge in [-0.25, -0.2) is 9.97 Å². The Hall–Kier alpha value is -2.32. The number of nitrogen functional groups attached to an aromatic ring is 1. The number of nitrogens with zero attached hydrogens (tertiary/aromatic N) is 3. The molecule has 102 valence electrons. The van der Waals surface area contributed by atoms with Crippen molar-refractivity contribution < 1.29 is 4.74 Å². The van der Waals surface area contributed by atoms with Crippen LogP contribution in [0.25, 0.3) is 0 Å². The van der Waals surface area contributed by atoms with Gasteiger partial charge in [-0.1, -0.05) is 11.6 Å². The van der Waals surface area contributed by atoms with E-state index in [-0.39, 0.29) is 11.4 Å². The first kappa shape index (κ1) is 14.1. The average Bonchev–Trinajstić information content (AvgIpc) is 2.43. The highest BCUT2D eigenvalue weighted by Gasteiger charge is 2.04. The maximum Gasteiger partial charge on any atom is 0.145 e. The van der Waals surface area contributed by atoms with Gasteiger partial charge in [-0.05, 0) is 30.7 Å². The summed E-state index contributed by atoms with van der Waals surface area (Å²) in [6.45, 7) is 2.34. The van der Waals surface area contributed by atoms with Gasteiger partial charge in [0.25, 0.3) is 0 Å². The fraction of sp³-hybridized carbons (Fsp3) is 0.214. The van der Waals surface area contributed by atoms with Crippen LogP contribution in [-0.4, -0.2) is 16.6 Å². The van der Waals surface area contributed by atoms with Crippen LogP contribution in [0, 0.1) is 18.3 Å². The van der Waals surface area contributed by atoms with Crippen LogP contribution in [0.4, 0.5) is 5.82 Å². The highest BCUT2D eigenvalue weighted by Crippen LogP contribution is 2.21. The molecular formula is C14H13ClN4O.